The van der Waals surface area contributed by atoms with Gasteiger partial charge in [-0.05, 0) is 61.2 Å². The molecule has 0 fully saturated rings. The maximum Gasteiger partial charge on any atom is 0.191 e. The first-order valence-electron chi connectivity index (χ1n) is 9.85. The van der Waals surface area contributed by atoms with Gasteiger partial charge in [-0.25, -0.2) is 17.8 Å². The molecule has 0 saturated heterocycles. The molecular formula is C22H28FIN4O2S. The first kappa shape index (κ1) is 25.1. The minimum atomic E-state index is -3.23. The number of halogens is 2. The number of H-pyrrole nitrogens is 1. The van der Waals surface area contributed by atoms with Crippen molar-refractivity contribution < 1.29 is 12.8 Å². The summed E-state index contributed by atoms with van der Waals surface area (Å²) in [6.07, 6.45) is 3.83. The van der Waals surface area contributed by atoms with E-state index in [0.717, 1.165) is 40.6 Å². The van der Waals surface area contributed by atoms with Gasteiger partial charge in [-0.15, -0.1) is 24.0 Å². The fourth-order valence-electron chi connectivity index (χ4n) is 3.41. The highest BCUT2D eigenvalue weighted by Crippen LogP contribution is 2.20. The van der Waals surface area contributed by atoms with Gasteiger partial charge in [0.1, 0.15) is 5.82 Å². The number of fused-ring (bicyclic) bond motifs is 1. The Hall–Kier alpha value is -2.14. The molecule has 9 heteroatoms. The number of aryl methyl sites for hydroxylation is 1. The number of rotatable bonds is 7. The highest BCUT2D eigenvalue weighted by Gasteiger charge is 2.11. The lowest BCUT2D eigenvalue weighted by atomic mass is 10.1. The average Bonchev–Trinajstić information content (AvgIpc) is 3.07. The van der Waals surface area contributed by atoms with Gasteiger partial charge in [-0.2, -0.15) is 0 Å². The minimum Gasteiger partial charge on any atom is -0.361 e. The van der Waals surface area contributed by atoms with Crippen LogP contribution in [0.1, 0.15) is 23.6 Å². The third-order valence-electron chi connectivity index (χ3n) is 4.82. The van der Waals surface area contributed by atoms with Crippen molar-refractivity contribution in [3.05, 3.63) is 65.1 Å². The topological polar surface area (TPSA) is 86.3 Å². The molecular weight excluding hydrogens is 530 g/mol. The molecule has 0 radical (unpaired) electrons. The fraction of sp³-hybridized carbons (Fsp3) is 0.318. The molecule has 168 valence electrons. The van der Waals surface area contributed by atoms with Crippen molar-refractivity contribution in [3.63, 3.8) is 0 Å². The number of sulfone groups is 1. The van der Waals surface area contributed by atoms with Crippen molar-refractivity contribution in [2.45, 2.75) is 31.7 Å². The Morgan fingerprint density at radius 1 is 1.16 bits per heavy atom. The number of hydrogen-bond donors (Lipinski definition) is 3. The molecule has 3 rings (SSSR count). The molecule has 3 aromatic rings. The summed E-state index contributed by atoms with van der Waals surface area (Å²) in [5.41, 5.74) is 3.61. The molecule has 0 aliphatic carbocycles. The quantitative estimate of drug-likeness (QED) is 0.233. The Kier molecular flexibility index (Phi) is 8.87. The molecule has 0 spiro atoms. The van der Waals surface area contributed by atoms with Crippen molar-refractivity contribution in [1.29, 1.82) is 0 Å². The highest BCUT2D eigenvalue weighted by atomic mass is 127. The third-order valence-corrected chi connectivity index (χ3v) is 6.08. The number of nitrogens with zero attached hydrogens (tertiary/aromatic N) is 1. The van der Waals surface area contributed by atoms with Gasteiger partial charge in [0.15, 0.2) is 15.8 Å². The zero-order chi connectivity index (χ0) is 21.7. The first-order chi connectivity index (χ1) is 14.3. The van der Waals surface area contributed by atoms with Gasteiger partial charge in [0.2, 0.25) is 0 Å². The van der Waals surface area contributed by atoms with Crippen LogP contribution >= 0.6 is 24.0 Å². The van der Waals surface area contributed by atoms with Crippen LogP contribution in [0.2, 0.25) is 0 Å². The SMILES string of the molecule is CCNC(=NCc1ccc(S(C)(=O)=O)c(C)c1)NCCc1c[nH]c2ccc(F)cc12.I. The summed E-state index contributed by atoms with van der Waals surface area (Å²) in [6, 6.07) is 10.0. The van der Waals surface area contributed by atoms with Crippen LogP contribution in [0, 0.1) is 12.7 Å². The van der Waals surface area contributed by atoms with E-state index < -0.39 is 9.84 Å². The summed E-state index contributed by atoms with van der Waals surface area (Å²) in [4.78, 5) is 8.09. The number of aromatic nitrogens is 1. The Morgan fingerprint density at radius 2 is 1.94 bits per heavy atom. The second-order valence-corrected chi connectivity index (χ2v) is 9.23. The van der Waals surface area contributed by atoms with E-state index in [9.17, 15) is 12.8 Å². The van der Waals surface area contributed by atoms with E-state index in [-0.39, 0.29) is 29.8 Å². The molecule has 0 unspecified atom stereocenters. The van der Waals surface area contributed by atoms with E-state index in [1.165, 1.54) is 12.3 Å². The van der Waals surface area contributed by atoms with Gasteiger partial charge >= 0.3 is 0 Å². The maximum atomic E-state index is 13.5. The van der Waals surface area contributed by atoms with E-state index in [1.54, 1.807) is 31.2 Å². The van der Waals surface area contributed by atoms with E-state index in [2.05, 4.69) is 20.6 Å². The van der Waals surface area contributed by atoms with E-state index in [1.807, 2.05) is 19.2 Å². The maximum absolute atomic E-state index is 13.5. The lowest BCUT2D eigenvalue weighted by Crippen LogP contribution is -2.38. The van der Waals surface area contributed by atoms with Gasteiger partial charge in [-0.3, -0.25) is 0 Å². The van der Waals surface area contributed by atoms with Crippen LogP contribution in [-0.4, -0.2) is 38.7 Å². The molecule has 0 aliphatic heterocycles. The normalized spacial score (nSPS) is 11.9. The van der Waals surface area contributed by atoms with Crippen molar-refractivity contribution in [3.8, 4) is 0 Å². The summed E-state index contributed by atoms with van der Waals surface area (Å²) in [5.74, 6) is 0.428. The number of aliphatic imine (C=N–C) groups is 1. The van der Waals surface area contributed by atoms with E-state index in [0.29, 0.717) is 23.9 Å². The van der Waals surface area contributed by atoms with Gasteiger partial charge < -0.3 is 15.6 Å². The van der Waals surface area contributed by atoms with Crippen LogP contribution in [0.5, 0.6) is 0 Å². The Labute approximate surface area is 199 Å². The van der Waals surface area contributed by atoms with Gasteiger partial charge in [0.25, 0.3) is 0 Å². The second kappa shape index (κ2) is 10.9. The van der Waals surface area contributed by atoms with Crippen LogP contribution in [0.4, 0.5) is 4.39 Å². The lowest BCUT2D eigenvalue weighted by Gasteiger charge is -2.12. The standard InChI is InChI=1S/C22H27FN4O2S.HI/c1-4-24-22(27-13-16-5-8-21(15(2)11-16)30(3,28)29)25-10-9-17-14-26-20-7-6-18(23)12-19(17)20;/h5-8,11-12,14,26H,4,9-10,13H2,1-3H3,(H2,24,25,27);1H. The zero-order valence-corrected chi connectivity index (χ0v) is 21.0. The molecule has 0 atom stereocenters. The Bertz CT molecular complexity index is 1180. The summed E-state index contributed by atoms with van der Waals surface area (Å²) < 4.78 is 37.1. The number of hydrogen-bond acceptors (Lipinski definition) is 3. The molecule has 0 bridgehead atoms. The van der Waals surface area contributed by atoms with E-state index in [4.69, 9.17) is 0 Å². The van der Waals surface area contributed by atoms with Crippen LogP contribution in [-0.2, 0) is 22.8 Å². The number of aromatic amines is 1. The fourth-order valence-corrected chi connectivity index (χ4v) is 4.37. The first-order valence-corrected chi connectivity index (χ1v) is 11.7. The van der Waals surface area contributed by atoms with Crippen molar-refractivity contribution in [2.24, 2.45) is 4.99 Å². The monoisotopic (exact) mass is 558 g/mol. The zero-order valence-electron chi connectivity index (χ0n) is 17.8. The Morgan fingerprint density at radius 3 is 2.61 bits per heavy atom. The molecule has 31 heavy (non-hydrogen) atoms. The van der Waals surface area contributed by atoms with Crippen LogP contribution in [0.3, 0.4) is 0 Å². The smallest absolute Gasteiger partial charge is 0.191 e. The number of guanidine groups is 1. The number of nitrogens with one attached hydrogen (secondary N) is 3. The van der Waals surface area contributed by atoms with Crippen molar-refractivity contribution in [2.75, 3.05) is 19.3 Å². The lowest BCUT2D eigenvalue weighted by molar-refractivity contribution is 0.601. The summed E-state index contributed by atoms with van der Waals surface area (Å²) in [6.45, 7) is 5.57. The minimum absolute atomic E-state index is 0. The molecule has 6 nitrogen and oxygen atoms in total. The molecule has 2 aromatic carbocycles. The van der Waals surface area contributed by atoms with Crippen LogP contribution < -0.4 is 10.6 Å². The van der Waals surface area contributed by atoms with E-state index >= 15 is 0 Å². The Balaban J connectivity index is 0.00000341. The van der Waals surface area contributed by atoms with Crippen LogP contribution in [0.15, 0.2) is 52.5 Å². The van der Waals surface area contributed by atoms with Gasteiger partial charge in [-0.1, -0.05) is 12.1 Å². The summed E-state index contributed by atoms with van der Waals surface area (Å²) in [5, 5.41) is 7.39. The third kappa shape index (κ3) is 6.67. The van der Waals surface area contributed by atoms with Crippen LogP contribution in [0.25, 0.3) is 10.9 Å². The molecule has 1 aromatic heterocycles. The predicted octanol–water partition coefficient (Wildman–Crippen LogP) is 3.93. The predicted molar refractivity (Wildman–Crippen MR) is 134 cm³/mol. The molecule has 0 saturated carbocycles. The second-order valence-electron chi connectivity index (χ2n) is 7.25. The van der Waals surface area contributed by atoms with Crippen molar-refractivity contribution >= 4 is 50.7 Å². The van der Waals surface area contributed by atoms with Gasteiger partial charge in [0.05, 0.1) is 11.4 Å². The van der Waals surface area contributed by atoms with Gasteiger partial charge in [0, 0.05) is 36.4 Å². The van der Waals surface area contributed by atoms with Crippen molar-refractivity contribution in [1.82, 2.24) is 15.6 Å². The summed E-state index contributed by atoms with van der Waals surface area (Å²) in [7, 11) is -3.23. The molecule has 0 amide bonds. The molecule has 3 N–H and O–H groups in total. The summed E-state index contributed by atoms with van der Waals surface area (Å²) >= 11 is 0. The largest absolute Gasteiger partial charge is 0.361 e. The number of benzene rings is 2. The average molecular weight is 558 g/mol. The highest BCUT2D eigenvalue weighted by molar-refractivity contribution is 14.0. The molecule has 1 heterocycles. The molecule has 0 aliphatic rings.